The molecule has 1 unspecified atom stereocenters. The summed E-state index contributed by atoms with van der Waals surface area (Å²) in [6.45, 7) is 0.439. The summed E-state index contributed by atoms with van der Waals surface area (Å²) in [5.41, 5.74) is -0.929. The quantitative estimate of drug-likeness (QED) is 0.513. The summed E-state index contributed by atoms with van der Waals surface area (Å²) in [4.78, 5) is 31.3. The Hall–Kier alpha value is -2.46. The molecule has 0 N–H and O–H groups in total. The Balaban J connectivity index is 1.65. The van der Waals surface area contributed by atoms with Crippen LogP contribution < -0.4 is 5.56 Å². The first-order valence-corrected chi connectivity index (χ1v) is 10.7. The van der Waals surface area contributed by atoms with Gasteiger partial charge in [0.25, 0.3) is 5.56 Å². The van der Waals surface area contributed by atoms with Crippen LogP contribution in [0.5, 0.6) is 0 Å². The number of amides is 1. The van der Waals surface area contributed by atoms with Crippen LogP contribution in [0.1, 0.15) is 18.4 Å². The van der Waals surface area contributed by atoms with Gasteiger partial charge in [-0.05, 0) is 24.1 Å². The first-order chi connectivity index (χ1) is 14.6. The number of alkyl halides is 4. The van der Waals surface area contributed by atoms with Crippen molar-refractivity contribution in [1.29, 1.82) is 0 Å². The summed E-state index contributed by atoms with van der Waals surface area (Å²) in [5.74, 6) is -0.259. The highest BCUT2D eigenvalue weighted by Crippen LogP contribution is 2.39. The Morgan fingerprint density at radius 2 is 2.10 bits per heavy atom. The van der Waals surface area contributed by atoms with Crippen LogP contribution in [0.2, 0.25) is 5.02 Å². The zero-order valence-corrected chi connectivity index (χ0v) is 17.5. The number of carbonyl (C=O) groups excluding carboxylic acids is 1. The summed E-state index contributed by atoms with van der Waals surface area (Å²) in [5, 5.41) is 1.33. The number of hydrogen-bond donors (Lipinski definition) is 0. The molecule has 1 aliphatic rings. The van der Waals surface area contributed by atoms with Crippen molar-refractivity contribution in [2.75, 3.05) is 13.1 Å². The number of aromatic nitrogens is 2. The first-order valence-electron chi connectivity index (χ1n) is 9.40. The van der Waals surface area contributed by atoms with Crippen molar-refractivity contribution >= 4 is 39.1 Å². The molecule has 11 heteroatoms. The summed E-state index contributed by atoms with van der Waals surface area (Å²) < 4.78 is 54.3. The third-order valence-electron chi connectivity index (χ3n) is 5.19. The fraction of sp³-hybridized carbons (Fsp3) is 0.350. The molecule has 1 aliphatic heterocycles. The molecule has 1 aromatic carbocycles. The second-order valence-corrected chi connectivity index (χ2v) is 8.51. The monoisotopic (exact) mass is 473 g/mol. The van der Waals surface area contributed by atoms with Crippen molar-refractivity contribution in [2.45, 2.75) is 31.7 Å². The van der Waals surface area contributed by atoms with E-state index in [2.05, 4.69) is 4.98 Å². The fourth-order valence-electron chi connectivity index (χ4n) is 3.57. The van der Waals surface area contributed by atoms with Crippen molar-refractivity contribution in [2.24, 2.45) is 0 Å². The van der Waals surface area contributed by atoms with Crippen molar-refractivity contribution in [3.63, 3.8) is 0 Å². The predicted octanol–water partition coefficient (Wildman–Crippen LogP) is 4.76. The van der Waals surface area contributed by atoms with Gasteiger partial charge in [0, 0.05) is 30.5 Å². The number of aryl methyl sites for hydroxylation is 1. The topological polar surface area (TPSA) is 55.2 Å². The lowest BCUT2D eigenvalue weighted by Gasteiger charge is -2.15. The first kappa shape index (κ1) is 21.8. The predicted molar refractivity (Wildman–Crippen MR) is 110 cm³/mol. The molecule has 1 atom stereocenters. The van der Waals surface area contributed by atoms with Gasteiger partial charge in [0.2, 0.25) is 5.91 Å². The summed E-state index contributed by atoms with van der Waals surface area (Å²) in [6, 6.07) is 3.47. The molecule has 0 bridgehead atoms. The van der Waals surface area contributed by atoms with Crippen LogP contribution in [-0.2, 0) is 17.5 Å². The number of benzene rings is 1. The minimum absolute atomic E-state index is 0.00154. The number of nitrogens with zero attached hydrogens (tertiary/aromatic N) is 3. The molecule has 0 aliphatic carbocycles. The molecule has 4 rings (SSSR count). The summed E-state index contributed by atoms with van der Waals surface area (Å²) >= 11 is 6.83. The van der Waals surface area contributed by atoms with Gasteiger partial charge in [0.15, 0.2) is 0 Å². The average Bonchev–Trinajstić information content (AvgIpc) is 3.33. The molecule has 0 spiro atoms. The highest BCUT2D eigenvalue weighted by atomic mass is 35.5. The maximum atomic E-state index is 13.3. The minimum atomic E-state index is -4.63. The van der Waals surface area contributed by atoms with E-state index in [1.165, 1.54) is 21.9 Å². The zero-order chi connectivity index (χ0) is 22.3. The number of likely N-dealkylation sites (tertiary alicyclic amines) is 1. The van der Waals surface area contributed by atoms with E-state index in [0.29, 0.717) is 23.4 Å². The molecule has 1 fully saturated rings. The maximum Gasteiger partial charge on any atom is 0.417 e. The molecule has 164 valence electrons. The van der Waals surface area contributed by atoms with Gasteiger partial charge in [-0.2, -0.15) is 13.2 Å². The lowest BCUT2D eigenvalue weighted by molar-refractivity contribution is -0.137. The molecule has 5 nitrogen and oxygen atoms in total. The van der Waals surface area contributed by atoms with Crippen LogP contribution in [0.15, 0.2) is 34.7 Å². The Morgan fingerprint density at radius 3 is 2.77 bits per heavy atom. The number of thiophene rings is 1. The molecule has 31 heavy (non-hydrogen) atoms. The van der Waals surface area contributed by atoms with E-state index >= 15 is 0 Å². The Kier molecular flexibility index (Phi) is 5.78. The third-order valence-corrected chi connectivity index (χ3v) is 6.41. The smallest absolute Gasteiger partial charge is 0.340 e. The lowest BCUT2D eigenvalue weighted by atomic mass is 10.0. The maximum absolute atomic E-state index is 13.3. The Bertz CT molecular complexity index is 1210. The molecular formula is C20H16ClF4N3O2S. The molecule has 0 radical (unpaired) electrons. The van der Waals surface area contributed by atoms with Gasteiger partial charge in [-0.3, -0.25) is 14.2 Å². The molecule has 2 aromatic heterocycles. The lowest BCUT2D eigenvalue weighted by Crippen LogP contribution is -2.31. The van der Waals surface area contributed by atoms with Gasteiger partial charge in [0.05, 0.1) is 28.8 Å². The summed E-state index contributed by atoms with van der Waals surface area (Å²) in [7, 11) is 0. The molecule has 1 saturated heterocycles. The fourth-order valence-corrected chi connectivity index (χ4v) is 4.70. The van der Waals surface area contributed by atoms with Gasteiger partial charge in [0.1, 0.15) is 11.0 Å². The van der Waals surface area contributed by atoms with Gasteiger partial charge in [-0.15, -0.1) is 11.3 Å². The molecular weight excluding hydrogens is 458 g/mol. The van der Waals surface area contributed by atoms with E-state index in [4.69, 9.17) is 11.6 Å². The van der Waals surface area contributed by atoms with Gasteiger partial charge in [-0.1, -0.05) is 17.7 Å². The van der Waals surface area contributed by atoms with E-state index in [1.807, 2.05) is 0 Å². The van der Waals surface area contributed by atoms with Gasteiger partial charge >= 0.3 is 6.18 Å². The standard InChI is InChI=1S/C20H16ClF4N3O2S/c21-15-2-1-11(7-14(15)20(23,24)25)13-9-31-18-17(13)19(30)28(10-26-18)6-4-16(29)27-5-3-12(22)8-27/h1-2,7,9-10,12H,3-6,8H2. The van der Waals surface area contributed by atoms with Crippen LogP contribution in [0.25, 0.3) is 21.3 Å². The Morgan fingerprint density at radius 1 is 1.32 bits per heavy atom. The largest absolute Gasteiger partial charge is 0.417 e. The molecule has 1 amide bonds. The van der Waals surface area contributed by atoms with E-state index in [0.717, 1.165) is 23.5 Å². The number of carbonyl (C=O) groups is 1. The highest BCUT2D eigenvalue weighted by Gasteiger charge is 2.33. The van der Waals surface area contributed by atoms with Crippen molar-refractivity contribution in [1.82, 2.24) is 14.5 Å². The molecule has 0 saturated carbocycles. The third kappa shape index (κ3) is 4.31. The normalized spacial score (nSPS) is 16.9. The van der Waals surface area contributed by atoms with Crippen LogP contribution >= 0.6 is 22.9 Å². The van der Waals surface area contributed by atoms with E-state index in [9.17, 15) is 27.2 Å². The second kappa shape index (κ2) is 8.23. The van der Waals surface area contributed by atoms with E-state index < -0.39 is 28.5 Å². The SMILES string of the molecule is O=C(CCn1cnc2scc(-c3ccc(Cl)c(C(F)(F)F)c3)c2c1=O)N1CCC(F)C1. The average molecular weight is 474 g/mol. The Labute approximate surface area is 182 Å². The van der Waals surface area contributed by atoms with Crippen molar-refractivity contribution in [3.8, 4) is 11.1 Å². The van der Waals surface area contributed by atoms with Crippen LogP contribution in [0.3, 0.4) is 0 Å². The van der Waals surface area contributed by atoms with E-state index in [1.54, 1.807) is 5.38 Å². The van der Waals surface area contributed by atoms with E-state index in [-0.39, 0.29) is 36.4 Å². The highest BCUT2D eigenvalue weighted by molar-refractivity contribution is 7.17. The number of halogens is 5. The second-order valence-electron chi connectivity index (χ2n) is 7.24. The molecule has 3 heterocycles. The van der Waals surface area contributed by atoms with Crippen molar-refractivity contribution < 1.29 is 22.4 Å². The van der Waals surface area contributed by atoms with Crippen LogP contribution in [0.4, 0.5) is 17.6 Å². The summed E-state index contributed by atoms with van der Waals surface area (Å²) in [6.07, 6.45) is -4.05. The minimum Gasteiger partial charge on any atom is -0.340 e. The van der Waals surface area contributed by atoms with Crippen LogP contribution in [-0.4, -0.2) is 39.6 Å². The van der Waals surface area contributed by atoms with Gasteiger partial charge < -0.3 is 4.90 Å². The van der Waals surface area contributed by atoms with Gasteiger partial charge in [-0.25, -0.2) is 9.37 Å². The molecule has 3 aromatic rings. The zero-order valence-electron chi connectivity index (χ0n) is 16.0. The number of fused-ring (bicyclic) bond motifs is 1. The number of rotatable bonds is 4. The van der Waals surface area contributed by atoms with Crippen LogP contribution in [0, 0.1) is 0 Å². The number of hydrogen-bond acceptors (Lipinski definition) is 4. The van der Waals surface area contributed by atoms with Crippen molar-refractivity contribution in [3.05, 3.63) is 50.8 Å².